The van der Waals surface area contributed by atoms with E-state index in [0.717, 1.165) is 11.1 Å². The summed E-state index contributed by atoms with van der Waals surface area (Å²) in [6, 6.07) is 12.9. The molecular weight excluding hydrogens is 572 g/mol. The quantitative estimate of drug-likeness (QED) is 0.390. The number of nitrogens with one attached hydrogen (secondary N) is 4. The lowest BCUT2D eigenvalue weighted by molar-refractivity contribution is -0.134. The van der Waals surface area contributed by atoms with E-state index in [4.69, 9.17) is 4.74 Å². The van der Waals surface area contributed by atoms with Crippen molar-refractivity contribution in [3.05, 3.63) is 65.7 Å². The minimum absolute atomic E-state index is 0.135. The Labute approximate surface area is 266 Å². The predicted octanol–water partition coefficient (Wildman–Crippen LogP) is 3.41. The molecule has 0 radical (unpaired) electrons. The van der Waals surface area contributed by atoms with Gasteiger partial charge in [-0.2, -0.15) is 0 Å². The second-order valence-corrected chi connectivity index (χ2v) is 13.1. The number of benzene rings is 2. The molecule has 2 aromatic rings. The molecular formula is C35H48N4O6. The lowest BCUT2D eigenvalue weighted by atomic mass is 9.95. The highest BCUT2D eigenvalue weighted by atomic mass is 16.5. The number of carbonyl (C=O) groups is 5. The maximum absolute atomic E-state index is 13.7. The number of hydrogen-bond donors (Lipinski definition) is 4. The van der Waals surface area contributed by atoms with Crippen LogP contribution in [0.15, 0.2) is 54.6 Å². The van der Waals surface area contributed by atoms with Gasteiger partial charge >= 0.3 is 0 Å². The van der Waals surface area contributed by atoms with E-state index in [1.165, 1.54) is 6.92 Å². The van der Waals surface area contributed by atoms with Crippen molar-refractivity contribution in [1.29, 1.82) is 0 Å². The average Bonchev–Trinajstić information content (AvgIpc) is 2.97. The molecule has 10 heteroatoms. The van der Waals surface area contributed by atoms with Crippen LogP contribution in [0.2, 0.25) is 0 Å². The molecule has 1 aliphatic rings. The summed E-state index contributed by atoms with van der Waals surface area (Å²) in [4.78, 5) is 66.4. The first kappa shape index (κ1) is 35.3. The summed E-state index contributed by atoms with van der Waals surface area (Å²) < 4.78 is 5.90. The van der Waals surface area contributed by atoms with E-state index in [-0.39, 0.29) is 48.9 Å². The topological polar surface area (TPSA) is 143 Å². The molecule has 4 N–H and O–H groups in total. The highest BCUT2D eigenvalue weighted by molar-refractivity contribution is 5.96. The van der Waals surface area contributed by atoms with Crippen LogP contribution in [0, 0.1) is 5.92 Å². The van der Waals surface area contributed by atoms with Crippen LogP contribution < -0.4 is 26.0 Å². The number of ketones is 1. The van der Waals surface area contributed by atoms with Crippen LogP contribution in [0.3, 0.4) is 0 Å². The van der Waals surface area contributed by atoms with Crippen LogP contribution >= 0.6 is 0 Å². The van der Waals surface area contributed by atoms with E-state index >= 15 is 0 Å². The van der Waals surface area contributed by atoms with Gasteiger partial charge in [0.05, 0.1) is 6.04 Å². The minimum Gasteiger partial charge on any atom is -0.488 e. The molecule has 1 saturated heterocycles. The van der Waals surface area contributed by atoms with E-state index in [2.05, 4.69) is 21.3 Å². The molecule has 4 amide bonds. The van der Waals surface area contributed by atoms with Gasteiger partial charge in [-0.3, -0.25) is 24.0 Å². The van der Waals surface area contributed by atoms with Crippen LogP contribution in [-0.4, -0.2) is 59.2 Å². The van der Waals surface area contributed by atoms with Gasteiger partial charge in [-0.05, 0) is 69.7 Å². The molecule has 0 spiro atoms. The van der Waals surface area contributed by atoms with Gasteiger partial charge in [0.15, 0.2) is 5.78 Å². The zero-order chi connectivity index (χ0) is 33.1. The van der Waals surface area contributed by atoms with Crippen molar-refractivity contribution in [2.75, 3.05) is 0 Å². The molecule has 0 aromatic heterocycles. The standard InChI is InChI=1S/C35H48N4O6/c1-22(2)31-29(40)14-10-11-15-30(41)37-27(20-24-12-8-7-9-13-24)33(43)36-23(3)32(42)38-28(34(44)39-31)21-25-16-18-26(19-17-25)45-35(4,5)6/h7-9,12-13,16-19,22-23,27-28,31H,10-11,14-15,20-21H2,1-6H3,(H,36,43)(H,37,41)(H,38,42)(H,39,44)/t23-,27-,28-,31-/m0/s1. The average molecular weight is 621 g/mol. The molecule has 10 nitrogen and oxygen atoms in total. The molecule has 45 heavy (non-hydrogen) atoms. The Morgan fingerprint density at radius 2 is 1.27 bits per heavy atom. The van der Waals surface area contributed by atoms with Crippen molar-refractivity contribution in [2.45, 2.75) is 110 Å². The number of amides is 4. The first-order chi connectivity index (χ1) is 21.2. The smallest absolute Gasteiger partial charge is 0.243 e. The van der Waals surface area contributed by atoms with Crippen LogP contribution in [0.1, 0.15) is 78.4 Å². The maximum Gasteiger partial charge on any atom is 0.243 e. The first-order valence-electron chi connectivity index (χ1n) is 15.8. The predicted molar refractivity (Wildman–Crippen MR) is 172 cm³/mol. The highest BCUT2D eigenvalue weighted by Crippen LogP contribution is 2.19. The van der Waals surface area contributed by atoms with Gasteiger partial charge in [-0.1, -0.05) is 56.3 Å². The Balaban J connectivity index is 1.87. The Kier molecular flexibility index (Phi) is 12.7. The van der Waals surface area contributed by atoms with Crippen molar-refractivity contribution in [1.82, 2.24) is 21.3 Å². The van der Waals surface area contributed by atoms with Crippen LogP contribution in [0.25, 0.3) is 0 Å². The van der Waals surface area contributed by atoms with Crippen LogP contribution in [0.4, 0.5) is 0 Å². The van der Waals surface area contributed by atoms with Gasteiger partial charge in [0.1, 0.15) is 29.5 Å². The van der Waals surface area contributed by atoms with Gasteiger partial charge in [0, 0.05) is 25.7 Å². The third kappa shape index (κ3) is 11.7. The molecule has 0 bridgehead atoms. The second-order valence-electron chi connectivity index (χ2n) is 13.1. The Bertz CT molecular complexity index is 1320. The largest absolute Gasteiger partial charge is 0.488 e. The molecule has 0 aliphatic carbocycles. The summed E-state index contributed by atoms with van der Waals surface area (Å²) in [5.74, 6) is -1.53. The van der Waals surface area contributed by atoms with Crippen LogP contribution in [-0.2, 0) is 36.8 Å². The van der Waals surface area contributed by atoms with E-state index < -0.39 is 41.9 Å². The van der Waals surface area contributed by atoms with Gasteiger partial charge in [0.25, 0.3) is 0 Å². The molecule has 3 rings (SSSR count). The van der Waals surface area contributed by atoms with Gasteiger partial charge in [-0.15, -0.1) is 0 Å². The minimum atomic E-state index is -1.02. The number of rotatable bonds is 6. The zero-order valence-electron chi connectivity index (χ0n) is 27.3. The number of carbonyl (C=O) groups excluding carboxylic acids is 5. The maximum atomic E-state index is 13.7. The van der Waals surface area contributed by atoms with Crippen LogP contribution in [0.5, 0.6) is 5.75 Å². The summed E-state index contributed by atoms with van der Waals surface area (Å²) in [5, 5.41) is 11.2. The van der Waals surface area contributed by atoms with Crippen molar-refractivity contribution in [2.24, 2.45) is 5.92 Å². The second kappa shape index (κ2) is 16.2. The SMILES string of the molecule is CC(C)[C@@H]1NC(=O)[C@H](Cc2ccc(OC(C)(C)C)cc2)NC(=O)[C@H](C)NC(=O)[C@H](Cc2ccccc2)NC(=O)CCCCC1=O. The van der Waals surface area contributed by atoms with Gasteiger partial charge in [-0.25, -0.2) is 0 Å². The molecule has 244 valence electrons. The third-order valence-corrected chi connectivity index (χ3v) is 7.49. The van der Waals surface area contributed by atoms with E-state index in [1.807, 2.05) is 89.2 Å². The van der Waals surface area contributed by atoms with E-state index in [9.17, 15) is 24.0 Å². The Morgan fingerprint density at radius 1 is 0.711 bits per heavy atom. The molecule has 1 fully saturated rings. The van der Waals surface area contributed by atoms with Crippen molar-refractivity contribution < 1.29 is 28.7 Å². The van der Waals surface area contributed by atoms with Crippen molar-refractivity contribution in [3.8, 4) is 5.75 Å². The van der Waals surface area contributed by atoms with Gasteiger partial charge in [0.2, 0.25) is 23.6 Å². The van der Waals surface area contributed by atoms with Crippen molar-refractivity contribution in [3.63, 3.8) is 0 Å². The highest BCUT2D eigenvalue weighted by Gasteiger charge is 2.31. The molecule has 2 aromatic carbocycles. The van der Waals surface area contributed by atoms with E-state index in [0.29, 0.717) is 18.6 Å². The molecule has 4 atom stereocenters. The molecule has 1 heterocycles. The normalized spacial score (nSPS) is 23.0. The summed E-state index contributed by atoms with van der Waals surface area (Å²) in [7, 11) is 0. The first-order valence-corrected chi connectivity index (χ1v) is 15.8. The summed E-state index contributed by atoms with van der Waals surface area (Å²) in [6.45, 7) is 11.1. The summed E-state index contributed by atoms with van der Waals surface area (Å²) in [6.07, 6.45) is 1.63. The summed E-state index contributed by atoms with van der Waals surface area (Å²) in [5.41, 5.74) is 1.25. The lowest BCUT2D eigenvalue weighted by Gasteiger charge is -2.26. The Hall–Kier alpha value is -4.21. The fourth-order valence-electron chi connectivity index (χ4n) is 5.11. The van der Waals surface area contributed by atoms with Crippen molar-refractivity contribution >= 4 is 29.4 Å². The molecule has 0 unspecified atom stereocenters. The fraction of sp³-hybridized carbons (Fsp3) is 0.514. The number of hydrogen-bond acceptors (Lipinski definition) is 6. The molecule has 0 saturated carbocycles. The summed E-state index contributed by atoms with van der Waals surface area (Å²) >= 11 is 0. The lowest BCUT2D eigenvalue weighted by Crippen LogP contribution is -2.58. The monoisotopic (exact) mass is 620 g/mol. The molecule has 1 aliphatic heterocycles. The van der Waals surface area contributed by atoms with Gasteiger partial charge < -0.3 is 26.0 Å². The fourth-order valence-corrected chi connectivity index (χ4v) is 5.11. The number of ether oxygens (including phenoxy) is 1. The van der Waals surface area contributed by atoms with E-state index in [1.54, 1.807) is 0 Å². The zero-order valence-corrected chi connectivity index (χ0v) is 27.3. The number of Topliss-reactive ketones (excluding diaryl/α,β-unsaturated/α-hetero) is 1. The Morgan fingerprint density at radius 3 is 1.87 bits per heavy atom. The third-order valence-electron chi connectivity index (χ3n) is 7.49.